The smallest absolute Gasteiger partial charge is 0.357 e. The number of carbonyl (C=O) groups is 3. The van der Waals surface area contributed by atoms with Gasteiger partial charge >= 0.3 is 18.0 Å². The summed E-state index contributed by atoms with van der Waals surface area (Å²) in [5.74, 6) is -0.800. The molecule has 2 amide bonds. The topological polar surface area (TPSA) is 112 Å². The lowest BCUT2D eigenvalue weighted by Crippen LogP contribution is -2.45. The molecule has 9 nitrogen and oxygen atoms in total. The molecule has 156 valence electrons. The van der Waals surface area contributed by atoms with Crippen molar-refractivity contribution in [1.29, 1.82) is 0 Å². The average Bonchev–Trinajstić information content (AvgIpc) is 3.51. The van der Waals surface area contributed by atoms with E-state index >= 15 is 0 Å². The Bertz CT molecular complexity index is 1010. The Morgan fingerprint density at radius 1 is 1.17 bits per heavy atom. The van der Waals surface area contributed by atoms with Gasteiger partial charge in [-0.2, -0.15) is 5.10 Å². The van der Waals surface area contributed by atoms with Crippen molar-refractivity contribution in [2.75, 3.05) is 19.8 Å². The van der Waals surface area contributed by atoms with Gasteiger partial charge in [-0.3, -0.25) is 0 Å². The molecule has 0 atom stereocenters. The Kier molecular flexibility index (Phi) is 5.51. The lowest BCUT2D eigenvalue weighted by Gasteiger charge is -2.21. The van der Waals surface area contributed by atoms with Gasteiger partial charge < -0.3 is 20.1 Å². The molecular weight excluding hydrogens is 388 g/mol. The minimum atomic E-state index is -0.596. The summed E-state index contributed by atoms with van der Waals surface area (Å²) in [6.45, 7) is 1.63. The molecule has 30 heavy (non-hydrogen) atoms. The molecule has 1 aliphatic carbocycles. The first-order valence-electron chi connectivity index (χ1n) is 9.83. The number of hydrogen-bond acceptors (Lipinski definition) is 6. The lowest BCUT2D eigenvalue weighted by atomic mass is 10.1. The molecule has 0 radical (unpaired) electrons. The highest BCUT2D eigenvalue weighted by Crippen LogP contribution is 2.39. The van der Waals surface area contributed by atoms with Crippen LogP contribution in [0.15, 0.2) is 47.7 Å². The van der Waals surface area contributed by atoms with Gasteiger partial charge in [0.15, 0.2) is 5.69 Å². The minimum Gasteiger partial charge on any atom is -0.463 e. The third kappa shape index (κ3) is 4.19. The Morgan fingerprint density at radius 3 is 2.63 bits per heavy atom. The predicted molar refractivity (Wildman–Crippen MR) is 106 cm³/mol. The van der Waals surface area contributed by atoms with Gasteiger partial charge in [0.05, 0.1) is 35.8 Å². The number of esters is 2. The van der Waals surface area contributed by atoms with Gasteiger partial charge in [-0.15, -0.1) is 0 Å². The number of nitrogens with zero attached hydrogens (tertiary/aromatic N) is 2. The molecule has 2 N–H and O–H groups in total. The van der Waals surface area contributed by atoms with Crippen LogP contribution in [0.25, 0.3) is 5.69 Å². The minimum absolute atomic E-state index is 0.00528. The molecule has 1 aromatic carbocycles. The molecule has 0 spiro atoms. The van der Waals surface area contributed by atoms with E-state index in [1.165, 1.54) is 0 Å². The van der Waals surface area contributed by atoms with Crippen molar-refractivity contribution in [3.63, 3.8) is 0 Å². The summed E-state index contributed by atoms with van der Waals surface area (Å²) in [6.07, 6.45) is 2.10. The average molecular weight is 410 g/mol. The standard InChI is InChI=1S/C21H22N4O5/c1-2-29-19(26)15-11-22-21(28)23-17(15)12-30-20(27)18-10-16(13-8-9-13)24-25(18)14-6-4-3-5-7-14/h3-7,10,13H,2,8-9,11-12H2,1H3,(H2,22,23,28). The number of benzene rings is 1. The van der Waals surface area contributed by atoms with E-state index in [0.717, 1.165) is 24.2 Å². The zero-order valence-electron chi connectivity index (χ0n) is 16.5. The highest BCUT2D eigenvalue weighted by atomic mass is 16.5. The lowest BCUT2D eigenvalue weighted by molar-refractivity contribution is -0.138. The van der Waals surface area contributed by atoms with Gasteiger partial charge in [0.25, 0.3) is 0 Å². The first-order chi connectivity index (χ1) is 14.6. The van der Waals surface area contributed by atoms with E-state index in [1.807, 2.05) is 30.3 Å². The summed E-state index contributed by atoms with van der Waals surface area (Å²) in [6, 6.07) is 10.6. The second-order valence-electron chi connectivity index (χ2n) is 7.04. The van der Waals surface area contributed by atoms with Crippen molar-refractivity contribution in [1.82, 2.24) is 20.4 Å². The maximum atomic E-state index is 12.9. The summed E-state index contributed by atoms with van der Waals surface area (Å²) < 4.78 is 12.0. The van der Waals surface area contributed by atoms with Gasteiger partial charge in [-0.25, -0.2) is 19.1 Å². The molecule has 0 saturated heterocycles. The van der Waals surface area contributed by atoms with Crippen LogP contribution in [0, 0.1) is 0 Å². The summed E-state index contributed by atoms with van der Waals surface area (Å²) in [5, 5.41) is 9.62. The third-order valence-corrected chi connectivity index (χ3v) is 4.86. The van der Waals surface area contributed by atoms with Gasteiger partial charge in [-0.05, 0) is 38.0 Å². The van der Waals surface area contributed by atoms with Crippen molar-refractivity contribution in [3.05, 3.63) is 59.1 Å². The van der Waals surface area contributed by atoms with Crippen LogP contribution in [0.3, 0.4) is 0 Å². The molecule has 4 rings (SSSR count). The highest BCUT2D eigenvalue weighted by Gasteiger charge is 2.30. The number of hydrogen-bond donors (Lipinski definition) is 2. The first-order valence-corrected chi connectivity index (χ1v) is 9.83. The summed E-state index contributed by atoms with van der Waals surface area (Å²) >= 11 is 0. The van der Waals surface area contributed by atoms with Crippen molar-refractivity contribution < 1.29 is 23.9 Å². The van der Waals surface area contributed by atoms with Crippen LogP contribution in [-0.2, 0) is 14.3 Å². The third-order valence-electron chi connectivity index (χ3n) is 4.86. The van der Waals surface area contributed by atoms with Crippen molar-refractivity contribution in [2.24, 2.45) is 0 Å². The maximum Gasteiger partial charge on any atom is 0.357 e. The molecule has 1 aliphatic heterocycles. The molecule has 1 saturated carbocycles. The number of ether oxygens (including phenoxy) is 2. The number of urea groups is 1. The van der Waals surface area contributed by atoms with Crippen LogP contribution in [0.4, 0.5) is 4.79 Å². The van der Waals surface area contributed by atoms with Crippen LogP contribution >= 0.6 is 0 Å². The Hall–Kier alpha value is -3.62. The van der Waals surface area contributed by atoms with Gasteiger partial charge in [0, 0.05) is 5.92 Å². The Labute approximate surface area is 173 Å². The zero-order chi connectivity index (χ0) is 21.1. The first kappa shape index (κ1) is 19.7. The molecule has 9 heteroatoms. The van der Waals surface area contributed by atoms with E-state index in [4.69, 9.17) is 9.47 Å². The van der Waals surface area contributed by atoms with E-state index in [1.54, 1.807) is 17.7 Å². The van der Waals surface area contributed by atoms with Gasteiger partial charge in [0.2, 0.25) is 0 Å². The molecule has 0 unspecified atom stereocenters. The van der Waals surface area contributed by atoms with Crippen molar-refractivity contribution in [3.8, 4) is 5.69 Å². The monoisotopic (exact) mass is 410 g/mol. The summed E-state index contributed by atoms with van der Waals surface area (Å²) in [4.78, 5) is 36.7. The SMILES string of the molecule is CCOC(=O)C1=C(COC(=O)c2cc(C3CC3)nn2-c2ccccc2)NC(=O)NC1. The maximum absolute atomic E-state index is 12.9. The summed E-state index contributed by atoms with van der Waals surface area (Å²) in [5.41, 5.74) is 2.32. The largest absolute Gasteiger partial charge is 0.463 e. The number of carbonyl (C=O) groups excluding carboxylic acids is 3. The van der Waals surface area contributed by atoms with Crippen molar-refractivity contribution in [2.45, 2.75) is 25.7 Å². The van der Waals surface area contributed by atoms with Crippen LogP contribution in [0.1, 0.15) is 41.9 Å². The Morgan fingerprint density at radius 2 is 1.93 bits per heavy atom. The molecule has 2 heterocycles. The summed E-state index contributed by atoms with van der Waals surface area (Å²) in [7, 11) is 0. The van der Waals surface area contributed by atoms with E-state index in [2.05, 4.69) is 15.7 Å². The van der Waals surface area contributed by atoms with Crippen LogP contribution in [0.5, 0.6) is 0 Å². The number of rotatable bonds is 7. The number of amides is 2. The van der Waals surface area contributed by atoms with Crippen LogP contribution in [0.2, 0.25) is 0 Å². The fourth-order valence-electron chi connectivity index (χ4n) is 3.17. The molecule has 0 bridgehead atoms. The molecule has 2 aromatic rings. The van der Waals surface area contributed by atoms with Crippen LogP contribution < -0.4 is 10.6 Å². The van der Waals surface area contributed by atoms with Gasteiger partial charge in [-0.1, -0.05) is 18.2 Å². The molecular formula is C21H22N4O5. The molecule has 1 aromatic heterocycles. The van der Waals surface area contributed by atoms with E-state index in [9.17, 15) is 14.4 Å². The number of aromatic nitrogens is 2. The van der Waals surface area contributed by atoms with Crippen LogP contribution in [-0.4, -0.2) is 47.5 Å². The molecule has 2 aliphatic rings. The second-order valence-corrected chi connectivity index (χ2v) is 7.04. The fourth-order valence-corrected chi connectivity index (χ4v) is 3.17. The molecule has 1 fully saturated rings. The normalized spacial score (nSPS) is 16.0. The Balaban J connectivity index is 1.56. The number of para-hydroxylation sites is 1. The van der Waals surface area contributed by atoms with E-state index < -0.39 is 18.0 Å². The zero-order valence-corrected chi connectivity index (χ0v) is 16.5. The fraction of sp³-hybridized carbons (Fsp3) is 0.333. The predicted octanol–water partition coefficient (Wildman–Crippen LogP) is 2.04. The highest BCUT2D eigenvalue weighted by molar-refractivity contribution is 5.94. The quantitative estimate of drug-likeness (QED) is 0.676. The van der Waals surface area contributed by atoms with E-state index in [-0.39, 0.29) is 31.0 Å². The van der Waals surface area contributed by atoms with Gasteiger partial charge in [0.1, 0.15) is 6.61 Å². The second kappa shape index (κ2) is 8.40. The van der Waals surface area contributed by atoms with Crippen molar-refractivity contribution >= 4 is 18.0 Å². The van der Waals surface area contributed by atoms with E-state index in [0.29, 0.717) is 11.6 Å². The number of nitrogens with one attached hydrogen (secondary N) is 2.